The average Bonchev–Trinajstić information content (AvgIpc) is 2.75. The number of nitrogens with two attached hydrogens (primary N) is 1. The second-order valence-corrected chi connectivity index (χ2v) is 6.74. The van der Waals surface area contributed by atoms with Gasteiger partial charge in [-0.3, -0.25) is 4.79 Å². The molecular formula is C22H30N2O4. The topological polar surface area (TPSA) is 74.0 Å². The van der Waals surface area contributed by atoms with Gasteiger partial charge in [0.2, 0.25) is 5.91 Å². The molecule has 0 aliphatic heterocycles. The number of hydrogen-bond donors (Lipinski definition) is 1. The zero-order valence-corrected chi connectivity index (χ0v) is 17.1. The van der Waals surface area contributed by atoms with Crippen molar-refractivity contribution in [3.05, 3.63) is 54.1 Å². The molecule has 6 nitrogen and oxygen atoms in total. The van der Waals surface area contributed by atoms with Crippen molar-refractivity contribution in [3.63, 3.8) is 0 Å². The highest BCUT2D eigenvalue weighted by molar-refractivity contribution is 5.79. The minimum Gasteiger partial charge on any atom is -0.496 e. The predicted octanol–water partition coefficient (Wildman–Crippen LogP) is 3.27. The summed E-state index contributed by atoms with van der Waals surface area (Å²) in [5.74, 6) is 1.75. The van der Waals surface area contributed by atoms with Gasteiger partial charge in [-0.2, -0.15) is 0 Å². The minimum absolute atomic E-state index is 0.0272. The molecule has 0 fully saturated rings. The van der Waals surface area contributed by atoms with Gasteiger partial charge >= 0.3 is 0 Å². The predicted molar refractivity (Wildman–Crippen MR) is 110 cm³/mol. The Balaban J connectivity index is 1.82. The first-order valence-corrected chi connectivity index (χ1v) is 9.37. The lowest BCUT2D eigenvalue weighted by atomic mass is 9.94. The quantitative estimate of drug-likeness (QED) is 0.635. The summed E-state index contributed by atoms with van der Waals surface area (Å²) >= 11 is 0. The summed E-state index contributed by atoms with van der Waals surface area (Å²) in [6.07, 6.45) is 0.703. The Labute approximate surface area is 167 Å². The number of rotatable bonds is 10. The van der Waals surface area contributed by atoms with Crippen LogP contribution in [0.3, 0.4) is 0 Å². The Morgan fingerprint density at radius 3 is 2.18 bits per heavy atom. The number of nitrogens with zero attached hydrogens (tertiary/aromatic N) is 1. The third-order valence-corrected chi connectivity index (χ3v) is 4.72. The SMILES string of the molecule is COc1cc(OC)cc(OCCCN(C)C(=O)C(C)C(N)c2ccccc2)c1. The van der Waals surface area contributed by atoms with Gasteiger partial charge in [-0.15, -0.1) is 0 Å². The van der Waals surface area contributed by atoms with Crippen LogP contribution in [0.5, 0.6) is 17.2 Å². The Hall–Kier alpha value is -2.73. The van der Waals surface area contributed by atoms with Crippen LogP contribution in [-0.2, 0) is 4.79 Å². The van der Waals surface area contributed by atoms with Crippen LogP contribution in [0.1, 0.15) is 24.9 Å². The average molecular weight is 386 g/mol. The van der Waals surface area contributed by atoms with Crippen molar-refractivity contribution in [1.82, 2.24) is 4.90 Å². The number of carbonyl (C=O) groups excluding carboxylic acids is 1. The van der Waals surface area contributed by atoms with E-state index in [0.29, 0.717) is 36.8 Å². The maximum Gasteiger partial charge on any atom is 0.227 e. The Kier molecular flexibility index (Phi) is 8.14. The molecule has 2 unspecified atom stereocenters. The van der Waals surface area contributed by atoms with Crippen LogP contribution >= 0.6 is 0 Å². The summed E-state index contributed by atoms with van der Waals surface area (Å²) in [5.41, 5.74) is 7.23. The molecule has 0 bridgehead atoms. The molecule has 2 atom stereocenters. The normalized spacial score (nSPS) is 12.8. The molecular weight excluding hydrogens is 356 g/mol. The molecule has 152 valence electrons. The summed E-state index contributed by atoms with van der Waals surface area (Å²) in [5, 5.41) is 0. The van der Waals surface area contributed by atoms with Gasteiger partial charge in [-0.05, 0) is 12.0 Å². The molecule has 0 spiro atoms. The minimum atomic E-state index is -0.323. The summed E-state index contributed by atoms with van der Waals surface area (Å²) < 4.78 is 16.2. The van der Waals surface area contributed by atoms with Gasteiger partial charge in [-0.25, -0.2) is 0 Å². The first-order chi connectivity index (χ1) is 13.5. The first-order valence-electron chi connectivity index (χ1n) is 9.37. The first kappa shape index (κ1) is 21.6. The summed E-state index contributed by atoms with van der Waals surface area (Å²) in [6.45, 7) is 2.94. The van der Waals surface area contributed by atoms with Gasteiger partial charge in [0, 0.05) is 37.8 Å². The molecule has 28 heavy (non-hydrogen) atoms. The van der Waals surface area contributed by atoms with E-state index in [1.807, 2.05) is 37.3 Å². The van der Waals surface area contributed by atoms with Crippen molar-refractivity contribution in [1.29, 1.82) is 0 Å². The monoisotopic (exact) mass is 386 g/mol. The summed E-state index contributed by atoms with van der Waals surface area (Å²) in [7, 11) is 4.99. The van der Waals surface area contributed by atoms with E-state index in [4.69, 9.17) is 19.9 Å². The molecule has 0 aliphatic carbocycles. The zero-order chi connectivity index (χ0) is 20.5. The van der Waals surface area contributed by atoms with E-state index in [-0.39, 0.29) is 17.9 Å². The number of benzene rings is 2. The van der Waals surface area contributed by atoms with E-state index in [9.17, 15) is 4.79 Å². The molecule has 2 N–H and O–H groups in total. The summed E-state index contributed by atoms with van der Waals surface area (Å²) in [6, 6.07) is 14.8. The largest absolute Gasteiger partial charge is 0.496 e. The molecule has 0 aliphatic rings. The highest BCUT2D eigenvalue weighted by Crippen LogP contribution is 2.27. The highest BCUT2D eigenvalue weighted by atomic mass is 16.5. The summed E-state index contributed by atoms with van der Waals surface area (Å²) in [4.78, 5) is 14.4. The van der Waals surface area contributed by atoms with Crippen molar-refractivity contribution in [3.8, 4) is 17.2 Å². The maximum atomic E-state index is 12.7. The van der Waals surface area contributed by atoms with Gasteiger partial charge in [0.15, 0.2) is 0 Å². The van der Waals surface area contributed by atoms with Crippen molar-refractivity contribution >= 4 is 5.91 Å². The number of hydrogen-bond acceptors (Lipinski definition) is 5. The van der Waals surface area contributed by atoms with Crippen molar-refractivity contribution in [2.45, 2.75) is 19.4 Å². The number of methoxy groups -OCH3 is 2. The van der Waals surface area contributed by atoms with Crippen LogP contribution in [-0.4, -0.2) is 45.2 Å². The fraction of sp³-hybridized carbons (Fsp3) is 0.409. The fourth-order valence-electron chi connectivity index (χ4n) is 2.93. The Bertz CT molecular complexity index is 729. The van der Waals surface area contributed by atoms with E-state index in [0.717, 1.165) is 5.56 Å². The van der Waals surface area contributed by atoms with Crippen molar-refractivity contribution in [2.24, 2.45) is 11.7 Å². The molecule has 0 radical (unpaired) electrons. The van der Waals surface area contributed by atoms with E-state index in [2.05, 4.69) is 0 Å². The van der Waals surface area contributed by atoms with Crippen LogP contribution in [0, 0.1) is 5.92 Å². The van der Waals surface area contributed by atoms with E-state index < -0.39 is 0 Å². The second kappa shape index (κ2) is 10.6. The van der Waals surface area contributed by atoms with Gasteiger partial charge in [-0.1, -0.05) is 37.3 Å². The van der Waals surface area contributed by atoms with Crippen LogP contribution in [0.2, 0.25) is 0 Å². The van der Waals surface area contributed by atoms with Gasteiger partial charge in [0.1, 0.15) is 17.2 Å². The van der Waals surface area contributed by atoms with Gasteiger partial charge in [0.05, 0.1) is 26.7 Å². The lowest BCUT2D eigenvalue weighted by molar-refractivity contribution is -0.134. The second-order valence-electron chi connectivity index (χ2n) is 6.74. The van der Waals surface area contributed by atoms with Crippen molar-refractivity contribution < 1.29 is 19.0 Å². The third kappa shape index (κ3) is 5.89. The smallest absolute Gasteiger partial charge is 0.227 e. The molecule has 2 aromatic carbocycles. The van der Waals surface area contributed by atoms with E-state index in [1.54, 1.807) is 44.4 Å². The molecule has 1 amide bonds. The Morgan fingerprint density at radius 1 is 1.04 bits per heavy atom. The lowest BCUT2D eigenvalue weighted by Gasteiger charge is -2.25. The number of amides is 1. The lowest BCUT2D eigenvalue weighted by Crippen LogP contribution is -2.37. The van der Waals surface area contributed by atoms with Crippen LogP contribution in [0.4, 0.5) is 0 Å². The molecule has 0 aromatic heterocycles. The number of ether oxygens (including phenoxy) is 3. The van der Waals surface area contributed by atoms with Crippen molar-refractivity contribution in [2.75, 3.05) is 34.4 Å². The molecule has 6 heteroatoms. The Morgan fingerprint density at radius 2 is 1.61 bits per heavy atom. The third-order valence-electron chi connectivity index (χ3n) is 4.72. The molecule has 2 rings (SSSR count). The standard InChI is InChI=1S/C22H30N2O4/c1-16(21(23)17-9-6-5-7-10-17)22(25)24(2)11-8-12-28-20-14-18(26-3)13-19(15-20)27-4/h5-7,9-10,13-16,21H,8,11-12,23H2,1-4H3. The van der Waals surface area contributed by atoms with E-state index >= 15 is 0 Å². The number of carbonyl (C=O) groups is 1. The van der Waals surface area contributed by atoms with E-state index in [1.165, 1.54) is 0 Å². The highest BCUT2D eigenvalue weighted by Gasteiger charge is 2.24. The molecule has 0 saturated heterocycles. The van der Waals surface area contributed by atoms with Gasteiger partial charge in [0.25, 0.3) is 0 Å². The van der Waals surface area contributed by atoms with Crippen LogP contribution < -0.4 is 19.9 Å². The molecule has 2 aromatic rings. The molecule has 0 heterocycles. The molecule has 0 saturated carbocycles. The van der Waals surface area contributed by atoms with Crippen LogP contribution in [0.25, 0.3) is 0 Å². The van der Waals surface area contributed by atoms with Gasteiger partial charge < -0.3 is 24.8 Å². The zero-order valence-electron chi connectivity index (χ0n) is 17.1. The van der Waals surface area contributed by atoms with Crippen LogP contribution in [0.15, 0.2) is 48.5 Å². The maximum absolute atomic E-state index is 12.7. The fourth-order valence-corrected chi connectivity index (χ4v) is 2.93.